The van der Waals surface area contributed by atoms with Crippen LogP contribution in [0.5, 0.6) is 0 Å². The summed E-state index contributed by atoms with van der Waals surface area (Å²) < 4.78 is 0. The van der Waals surface area contributed by atoms with Gasteiger partial charge >= 0.3 is 0 Å². The molecule has 1 amide bonds. The first kappa shape index (κ1) is 18.4. The summed E-state index contributed by atoms with van der Waals surface area (Å²) in [6.45, 7) is 6.04. The molecule has 2 aliphatic heterocycles. The maximum absolute atomic E-state index is 12.8. The summed E-state index contributed by atoms with van der Waals surface area (Å²) in [4.78, 5) is 15.4. The zero-order valence-corrected chi connectivity index (χ0v) is 15.3. The summed E-state index contributed by atoms with van der Waals surface area (Å²) in [6.07, 6.45) is 6.25. The van der Waals surface area contributed by atoms with Crippen molar-refractivity contribution < 1.29 is 4.79 Å². The normalized spacial score (nSPS) is 27.3. The van der Waals surface area contributed by atoms with Gasteiger partial charge in [-0.15, -0.1) is 0 Å². The van der Waals surface area contributed by atoms with Gasteiger partial charge in [-0.25, -0.2) is 5.43 Å². The summed E-state index contributed by atoms with van der Waals surface area (Å²) in [5, 5.41) is 3.24. The van der Waals surface area contributed by atoms with Gasteiger partial charge in [-0.1, -0.05) is 50.1 Å². The second-order valence-corrected chi connectivity index (χ2v) is 7.30. The third-order valence-corrected chi connectivity index (χ3v) is 5.54. The van der Waals surface area contributed by atoms with Crippen molar-refractivity contribution >= 4 is 5.91 Å². The van der Waals surface area contributed by atoms with Gasteiger partial charge in [0, 0.05) is 19.1 Å². The lowest BCUT2D eigenvalue weighted by atomic mass is 9.94. The van der Waals surface area contributed by atoms with E-state index in [0.717, 1.165) is 18.7 Å². The van der Waals surface area contributed by atoms with E-state index in [1.807, 2.05) is 18.2 Å². The van der Waals surface area contributed by atoms with Crippen LogP contribution in [-0.4, -0.2) is 43.0 Å². The summed E-state index contributed by atoms with van der Waals surface area (Å²) in [7, 11) is 0. The lowest BCUT2D eigenvalue weighted by Crippen LogP contribution is -2.48. The largest absolute Gasteiger partial charge is 0.354 e. The monoisotopic (exact) mass is 344 g/mol. The average molecular weight is 345 g/mol. The van der Waals surface area contributed by atoms with E-state index >= 15 is 0 Å². The Morgan fingerprint density at radius 2 is 2.12 bits per heavy atom. The Kier molecular flexibility index (Phi) is 6.84. The van der Waals surface area contributed by atoms with Gasteiger partial charge in [-0.05, 0) is 37.9 Å². The Hall–Kier alpha value is -1.43. The second-order valence-electron chi connectivity index (χ2n) is 7.30. The van der Waals surface area contributed by atoms with Crippen LogP contribution in [0.4, 0.5) is 0 Å². The Balaban J connectivity index is 1.54. The molecule has 0 aromatic heterocycles. The number of hydrogen-bond donors (Lipinski definition) is 3. The highest BCUT2D eigenvalue weighted by Crippen LogP contribution is 2.25. The van der Waals surface area contributed by atoms with Crippen molar-refractivity contribution in [2.75, 3.05) is 26.2 Å². The summed E-state index contributed by atoms with van der Waals surface area (Å²) in [5.74, 6) is 0.0995. The topological polar surface area (TPSA) is 56.4 Å². The van der Waals surface area contributed by atoms with Crippen LogP contribution in [0.2, 0.25) is 0 Å². The van der Waals surface area contributed by atoms with Gasteiger partial charge in [-0.2, -0.15) is 0 Å². The summed E-state index contributed by atoms with van der Waals surface area (Å²) in [5.41, 5.74) is 7.57. The Bertz CT molecular complexity index is 536. The number of amides is 1. The summed E-state index contributed by atoms with van der Waals surface area (Å²) in [6, 6.07) is 10.8. The lowest BCUT2D eigenvalue weighted by molar-refractivity contribution is -0.125. The number of unbranched alkanes of at least 4 members (excludes halogenated alkanes) is 1. The number of rotatable bonds is 7. The van der Waals surface area contributed by atoms with E-state index < -0.39 is 0 Å². The van der Waals surface area contributed by atoms with E-state index in [0.29, 0.717) is 12.6 Å². The van der Waals surface area contributed by atoms with Gasteiger partial charge in [0.1, 0.15) is 0 Å². The van der Waals surface area contributed by atoms with Gasteiger partial charge in [0.15, 0.2) is 0 Å². The zero-order valence-electron chi connectivity index (χ0n) is 15.3. The van der Waals surface area contributed by atoms with Crippen LogP contribution in [0.15, 0.2) is 30.3 Å². The maximum Gasteiger partial charge on any atom is 0.226 e. The molecular weight excluding hydrogens is 312 g/mol. The molecule has 1 aromatic rings. The smallest absolute Gasteiger partial charge is 0.226 e. The number of carbonyl (C=O) groups excluding carboxylic acids is 1. The molecular formula is C20H32N4O. The minimum atomic E-state index is -0.0601. The zero-order chi connectivity index (χ0) is 17.5. The molecule has 2 aliphatic rings. The molecule has 5 nitrogen and oxygen atoms in total. The van der Waals surface area contributed by atoms with Crippen LogP contribution >= 0.6 is 0 Å². The highest BCUT2D eigenvalue weighted by Gasteiger charge is 2.34. The molecule has 138 valence electrons. The van der Waals surface area contributed by atoms with E-state index in [1.165, 1.54) is 38.6 Å². The number of hydrazine groups is 1. The molecule has 2 fully saturated rings. The minimum absolute atomic E-state index is 0.0451. The van der Waals surface area contributed by atoms with Gasteiger partial charge < -0.3 is 5.32 Å². The van der Waals surface area contributed by atoms with Crippen LogP contribution in [0.3, 0.4) is 0 Å². The van der Waals surface area contributed by atoms with E-state index in [1.54, 1.807) is 0 Å². The molecule has 2 heterocycles. The third-order valence-electron chi connectivity index (χ3n) is 5.54. The Labute approximate surface area is 151 Å². The average Bonchev–Trinajstić information content (AvgIpc) is 3.15. The van der Waals surface area contributed by atoms with Crippen molar-refractivity contribution in [2.45, 2.75) is 51.1 Å². The Morgan fingerprint density at radius 3 is 2.92 bits per heavy atom. The molecule has 0 radical (unpaired) electrons. The van der Waals surface area contributed by atoms with Crippen molar-refractivity contribution in [3.8, 4) is 0 Å². The number of hydrogen-bond acceptors (Lipinski definition) is 4. The SMILES string of the molecule is CCCCN1CCCCC1CNC(=O)C1CNNC1c1ccccc1. The van der Waals surface area contributed by atoms with Crippen LogP contribution < -0.4 is 16.2 Å². The molecule has 0 spiro atoms. The van der Waals surface area contributed by atoms with Crippen LogP contribution in [0, 0.1) is 5.92 Å². The van der Waals surface area contributed by atoms with E-state index in [9.17, 15) is 4.79 Å². The lowest BCUT2D eigenvalue weighted by Gasteiger charge is -2.36. The first-order chi connectivity index (χ1) is 12.3. The number of benzene rings is 1. The highest BCUT2D eigenvalue weighted by atomic mass is 16.2. The fraction of sp³-hybridized carbons (Fsp3) is 0.650. The predicted molar refractivity (Wildman–Crippen MR) is 101 cm³/mol. The standard InChI is InChI=1S/C20H32N4O/c1-2-3-12-24-13-8-7-11-17(24)14-21-20(25)18-15-22-23-19(18)16-9-5-4-6-10-16/h4-6,9-10,17-19,22-23H,2-3,7-8,11-15H2,1H3,(H,21,25). The number of carbonyl (C=O) groups is 1. The molecule has 3 unspecified atom stereocenters. The molecule has 25 heavy (non-hydrogen) atoms. The molecule has 3 atom stereocenters. The highest BCUT2D eigenvalue weighted by molar-refractivity contribution is 5.80. The maximum atomic E-state index is 12.8. The second kappa shape index (κ2) is 9.32. The third kappa shape index (κ3) is 4.81. The van der Waals surface area contributed by atoms with Crippen molar-refractivity contribution in [1.82, 2.24) is 21.1 Å². The van der Waals surface area contributed by atoms with Crippen molar-refractivity contribution in [3.05, 3.63) is 35.9 Å². The molecule has 5 heteroatoms. The van der Waals surface area contributed by atoms with Crippen molar-refractivity contribution in [3.63, 3.8) is 0 Å². The van der Waals surface area contributed by atoms with Gasteiger partial charge in [0.2, 0.25) is 5.91 Å². The molecule has 0 aliphatic carbocycles. The van der Waals surface area contributed by atoms with Gasteiger partial charge in [0.05, 0.1) is 12.0 Å². The number of piperidine rings is 1. The van der Waals surface area contributed by atoms with Crippen LogP contribution in [-0.2, 0) is 4.79 Å². The molecule has 3 rings (SSSR count). The van der Waals surface area contributed by atoms with Crippen LogP contribution in [0.25, 0.3) is 0 Å². The predicted octanol–water partition coefficient (Wildman–Crippen LogP) is 2.22. The number of nitrogens with zero attached hydrogens (tertiary/aromatic N) is 1. The molecule has 0 bridgehead atoms. The minimum Gasteiger partial charge on any atom is -0.354 e. The molecule has 0 saturated carbocycles. The van der Waals surface area contributed by atoms with Gasteiger partial charge in [0.25, 0.3) is 0 Å². The van der Waals surface area contributed by atoms with Gasteiger partial charge in [-0.3, -0.25) is 15.1 Å². The molecule has 3 N–H and O–H groups in total. The number of likely N-dealkylation sites (tertiary alicyclic amines) is 1. The van der Waals surface area contributed by atoms with Crippen molar-refractivity contribution in [2.24, 2.45) is 5.92 Å². The summed E-state index contributed by atoms with van der Waals surface area (Å²) >= 11 is 0. The van der Waals surface area contributed by atoms with E-state index in [-0.39, 0.29) is 17.9 Å². The Morgan fingerprint density at radius 1 is 1.28 bits per heavy atom. The van der Waals surface area contributed by atoms with Crippen molar-refractivity contribution in [1.29, 1.82) is 0 Å². The first-order valence-electron chi connectivity index (χ1n) is 9.84. The van der Waals surface area contributed by atoms with E-state index in [4.69, 9.17) is 0 Å². The molecule has 1 aromatic carbocycles. The van der Waals surface area contributed by atoms with Crippen LogP contribution in [0.1, 0.15) is 50.6 Å². The van der Waals surface area contributed by atoms with E-state index in [2.05, 4.69) is 40.1 Å². The first-order valence-corrected chi connectivity index (χ1v) is 9.84. The fourth-order valence-corrected chi connectivity index (χ4v) is 4.01. The molecule has 2 saturated heterocycles. The number of nitrogens with one attached hydrogen (secondary N) is 3. The fourth-order valence-electron chi connectivity index (χ4n) is 4.01. The quantitative estimate of drug-likeness (QED) is 0.710.